The minimum atomic E-state index is 0.0505. The first-order valence-corrected chi connectivity index (χ1v) is 6.08. The highest BCUT2D eigenvalue weighted by atomic mass is 16.5. The zero-order valence-electron chi connectivity index (χ0n) is 11.3. The Hall–Kier alpha value is -2.30. The lowest BCUT2D eigenvalue weighted by Crippen LogP contribution is -2.08. The van der Waals surface area contributed by atoms with Gasteiger partial charge in [-0.15, -0.1) is 0 Å². The van der Waals surface area contributed by atoms with Gasteiger partial charge in [-0.3, -0.25) is 0 Å². The number of aromatic nitrogens is 2. The van der Waals surface area contributed by atoms with E-state index < -0.39 is 0 Å². The maximum Gasteiger partial charge on any atom is 0.325 e. The Morgan fingerprint density at radius 1 is 1.16 bits per heavy atom. The molecule has 19 heavy (non-hydrogen) atoms. The van der Waals surface area contributed by atoms with E-state index in [0.29, 0.717) is 17.3 Å². The van der Waals surface area contributed by atoms with Gasteiger partial charge in [0.25, 0.3) is 0 Å². The Bertz CT molecular complexity index is 570. The van der Waals surface area contributed by atoms with Gasteiger partial charge < -0.3 is 15.2 Å². The molecule has 0 radical (unpaired) electrons. The Labute approximate surface area is 112 Å². The molecule has 0 saturated heterocycles. The van der Waals surface area contributed by atoms with Crippen LogP contribution in [0.1, 0.15) is 19.5 Å². The van der Waals surface area contributed by atoms with E-state index >= 15 is 0 Å². The number of anilines is 1. The van der Waals surface area contributed by atoms with Crippen molar-refractivity contribution in [1.82, 2.24) is 9.97 Å². The fourth-order valence-electron chi connectivity index (χ4n) is 1.54. The standard InChI is InChI=1S/C14H17N3O2/c1-9(2)18-13-7-10(3)16-14(17-13)19-12-6-4-5-11(15)8-12/h4-9H,15H2,1-3H3. The first-order valence-electron chi connectivity index (χ1n) is 6.08. The predicted molar refractivity (Wildman–Crippen MR) is 73.5 cm³/mol. The Kier molecular flexibility index (Phi) is 3.85. The highest BCUT2D eigenvalue weighted by molar-refractivity contribution is 5.44. The quantitative estimate of drug-likeness (QED) is 0.855. The van der Waals surface area contributed by atoms with Gasteiger partial charge in [-0.1, -0.05) is 6.07 Å². The van der Waals surface area contributed by atoms with Gasteiger partial charge in [0.2, 0.25) is 5.88 Å². The number of nitrogens with two attached hydrogens (primary N) is 1. The van der Waals surface area contributed by atoms with Crippen LogP contribution in [0.4, 0.5) is 5.69 Å². The summed E-state index contributed by atoms with van der Waals surface area (Å²) in [6.07, 6.45) is 0.0505. The lowest BCUT2D eigenvalue weighted by Gasteiger charge is -2.11. The van der Waals surface area contributed by atoms with E-state index in [1.807, 2.05) is 26.8 Å². The molecule has 2 aromatic rings. The molecular formula is C14H17N3O2. The van der Waals surface area contributed by atoms with Gasteiger partial charge in [0.1, 0.15) is 5.75 Å². The molecule has 0 amide bonds. The molecule has 0 fully saturated rings. The largest absolute Gasteiger partial charge is 0.475 e. The number of benzene rings is 1. The number of hydrogen-bond donors (Lipinski definition) is 1. The van der Waals surface area contributed by atoms with Crippen molar-refractivity contribution < 1.29 is 9.47 Å². The van der Waals surface area contributed by atoms with E-state index in [2.05, 4.69) is 9.97 Å². The average Bonchev–Trinajstić information content (AvgIpc) is 2.26. The van der Waals surface area contributed by atoms with Crippen molar-refractivity contribution in [1.29, 1.82) is 0 Å². The van der Waals surface area contributed by atoms with Crippen molar-refractivity contribution in [2.45, 2.75) is 26.9 Å². The Morgan fingerprint density at radius 2 is 1.95 bits per heavy atom. The number of rotatable bonds is 4. The molecule has 2 N–H and O–H groups in total. The van der Waals surface area contributed by atoms with Crippen LogP contribution >= 0.6 is 0 Å². The van der Waals surface area contributed by atoms with Gasteiger partial charge in [-0.2, -0.15) is 9.97 Å². The van der Waals surface area contributed by atoms with Crippen molar-refractivity contribution in [2.75, 3.05) is 5.73 Å². The Balaban J connectivity index is 2.22. The summed E-state index contributed by atoms with van der Waals surface area (Å²) in [4.78, 5) is 8.41. The van der Waals surface area contributed by atoms with Crippen LogP contribution in [0.15, 0.2) is 30.3 Å². The molecule has 100 valence electrons. The number of hydrogen-bond acceptors (Lipinski definition) is 5. The topological polar surface area (TPSA) is 70.3 Å². The number of ether oxygens (including phenoxy) is 2. The van der Waals surface area contributed by atoms with Crippen LogP contribution in [0.3, 0.4) is 0 Å². The lowest BCUT2D eigenvalue weighted by molar-refractivity contribution is 0.229. The molecule has 1 aromatic carbocycles. The second kappa shape index (κ2) is 5.56. The first kappa shape index (κ1) is 13.1. The van der Waals surface area contributed by atoms with Crippen molar-refractivity contribution in [3.05, 3.63) is 36.0 Å². The van der Waals surface area contributed by atoms with E-state index in [-0.39, 0.29) is 12.1 Å². The molecule has 1 heterocycles. The maximum atomic E-state index is 5.69. The highest BCUT2D eigenvalue weighted by Crippen LogP contribution is 2.22. The molecule has 0 saturated carbocycles. The maximum absolute atomic E-state index is 5.69. The van der Waals surface area contributed by atoms with E-state index in [1.165, 1.54) is 0 Å². The average molecular weight is 259 g/mol. The van der Waals surface area contributed by atoms with Gasteiger partial charge in [-0.25, -0.2) is 0 Å². The van der Waals surface area contributed by atoms with Crippen LogP contribution in [-0.4, -0.2) is 16.1 Å². The van der Waals surface area contributed by atoms with E-state index in [0.717, 1.165) is 5.69 Å². The minimum Gasteiger partial charge on any atom is -0.475 e. The summed E-state index contributed by atoms with van der Waals surface area (Å²) in [7, 11) is 0. The summed E-state index contributed by atoms with van der Waals surface area (Å²) in [5, 5.41) is 0. The van der Waals surface area contributed by atoms with Gasteiger partial charge in [-0.05, 0) is 32.9 Å². The van der Waals surface area contributed by atoms with Crippen LogP contribution in [-0.2, 0) is 0 Å². The summed E-state index contributed by atoms with van der Waals surface area (Å²) in [6.45, 7) is 5.74. The van der Waals surface area contributed by atoms with Crippen LogP contribution in [0.25, 0.3) is 0 Å². The van der Waals surface area contributed by atoms with Gasteiger partial charge >= 0.3 is 6.01 Å². The summed E-state index contributed by atoms with van der Waals surface area (Å²) in [5.74, 6) is 1.10. The van der Waals surface area contributed by atoms with Crippen molar-refractivity contribution in [3.8, 4) is 17.6 Å². The molecule has 0 unspecified atom stereocenters. The summed E-state index contributed by atoms with van der Waals surface area (Å²) in [6, 6.07) is 9.14. The van der Waals surface area contributed by atoms with Crippen LogP contribution in [0.2, 0.25) is 0 Å². The van der Waals surface area contributed by atoms with Gasteiger partial charge in [0.05, 0.1) is 6.10 Å². The molecule has 0 aliphatic heterocycles. The van der Waals surface area contributed by atoms with E-state index in [4.69, 9.17) is 15.2 Å². The number of nitrogen functional groups attached to an aromatic ring is 1. The van der Waals surface area contributed by atoms with E-state index in [9.17, 15) is 0 Å². The molecule has 0 spiro atoms. The fourth-order valence-corrected chi connectivity index (χ4v) is 1.54. The zero-order valence-corrected chi connectivity index (χ0v) is 11.3. The minimum absolute atomic E-state index is 0.0505. The molecule has 5 heteroatoms. The van der Waals surface area contributed by atoms with Crippen molar-refractivity contribution in [2.24, 2.45) is 0 Å². The molecule has 5 nitrogen and oxygen atoms in total. The molecule has 0 aliphatic rings. The molecule has 1 aromatic heterocycles. The zero-order chi connectivity index (χ0) is 13.8. The number of nitrogens with zero attached hydrogens (tertiary/aromatic N) is 2. The molecule has 2 rings (SSSR count). The first-order chi connectivity index (χ1) is 9.02. The van der Waals surface area contributed by atoms with Gasteiger partial charge in [0.15, 0.2) is 0 Å². The normalized spacial score (nSPS) is 10.5. The summed E-state index contributed by atoms with van der Waals surface area (Å²) < 4.78 is 11.1. The molecule has 0 aliphatic carbocycles. The Morgan fingerprint density at radius 3 is 2.63 bits per heavy atom. The smallest absolute Gasteiger partial charge is 0.325 e. The van der Waals surface area contributed by atoms with Gasteiger partial charge in [0, 0.05) is 23.5 Å². The monoisotopic (exact) mass is 259 g/mol. The third-order valence-electron chi connectivity index (χ3n) is 2.23. The predicted octanol–water partition coefficient (Wildman–Crippen LogP) is 2.95. The lowest BCUT2D eigenvalue weighted by atomic mass is 10.3. The fraction of sp³-hybridized carbons (Fsp3) is 0.286. The summed E-state index contributed by atoms with van der Waals surface area (Å²) >= 11 is 0. The SMILES string of the molecule is Cc1cc(OC(C)C)nc(Oc2cccc(N)c2)n1. The summed E-state index contributed by atoms with van der Waals surface area (Å²) in [5.41, 5.74) is 7.10. The number of aryl methyl sites for hydroxylation is 1. The highest BCUT2D eigenvalue weighted by Gasteiger charge is 2.07. The van der Waals surface area contributed by atoms with Crippen LogP contribution in [0, 0.1) is 6.92 Å². The van der Waals surface area contributed by atoms with Crippen LogP contribution in [0.5, 0.6) is 17.6 Å². The van der Waals surface area contributed by atoms with Crippen molar-refractivity contribution >= 4 is 5.69 Å². The third-order valence-corrected chi connectivity index (χ3v) is 2.23. The third kappa shape index (κ3) is 3.84. The second-order valence-electron chi connectivity index (χ2n) is 4.47. The molecular weight excluding hydrogens is 242 g/mol. The molecule has 0 atom stereocenters. The van der Waals surface area contributed by atoms with Crippen molar-refractivity contribution in [3.63, 3.8) is 0 Å². The second-order valence-corrected chi connectivity index (χ2v) is 4.47. The molecule has 0 bridgehead atoms. The van der Waals surface area contributed by atoms with E-state index in [1.54, 1.807) is 24.3 Å². The van der Waals surface area contributed by atoms with Crippen LogP contribution < -0.4 is 15.2 Å².